The monoisotopic (exact) mass is 1160 g/mol. The zero-order valence-corrected chi connectivity index (χ0v) is 57.5. The van der Waals surface area contributed by atoms with E-state index in [1.54, 1.807) is 0 Å². The molecule has 0 fully saturated rings. The summed E-state index contributed by atoms with van der Waals surface area (Å²) in [6, 6.07) is 0. The van der Waals surface area contributed by atoms with E-state index >= 15 is 0 Å². The Bertz CT molecular complexity index is 1250. The van der Waals surface area contributed by atoms with Gasteiger partial charge in [-0.1, -0.05) is 185 Å². The predicted molar refractivity (Wildman–Crippen MR) is 338 cm³/mol. The smallest absolute Gasteiger partial charge is 0.409 e. The van der Waals surface area contributed by atoms with Crippen molar-refractivity contribution in [3.05, 3.63) is 0 Å². The van der Waals surface area contributed by atoms with E-state index in [4.69, 9.17) is 37.0 Å². The van der Waals surface area contributed by atoms with E-state index in [1.807, 2.05) is 34.6 Å². The third-order valence-electron chi connectivity index (χ3n) is 13.8. The van der Waals surface area contributed by atoms with Gasteiger partial charge in [0, 0.05) is 19.8 Å². The number of thioether (sulfide) groups is 2. The van der Waals surface area contributed by atoms with E-state index in [2.05, 4.69) is 105 Å². The molecule has 0 aromatic heterocycles. The zero-order chi connectivity index (χ0) is 57.4. The SMILES string of the molecule is CCCCCCCCSCCCCCCCCOC[C@@H](CO)O[Si](C)(C)C(C)(C)C.CCCCCCCCSCCCCCCCCOC[C@@H](COP(=O)(OCCC)OC(C)(C)C)O[Si](C)(C)C(C)(C)C.CCCO. The summed E-state index contributed by atoms with van der Waals surface area (Å²) in [4.78, 5) is 0. The third kappa shape index (κ3) is 52.8. The molecule has 0 aliphatic heterocycles. The Balaban J connectivity index is -0.00000134. The Hall–Kier alpha value is 1.00. The van der Waals surface area contributed by atoms with Gasteiger partial charge in [0.05, 0.1) is 50.8 Å². The maximum atomic E-state index is 13.3. The molecular weight excluding hydrogens is 1030 g/mol. The molecule has 10 nitrogen and oxygen atoms in total. The van der Waals surface area contributed by atoms with Crippen LogP contribution in [0.1, 0.15) is 257 Å². The van der Waals surface area contributed by atoms with Gasteiger partial charge in [0.1, 0.15) is 0 Å². The van der Waals surface area contributed by atoms with Crippen molar-refractivity contribution in [1.29, 1.82) is 0 Å². The van der Waals surface area contributed by atoms with Gasteiger partial charge in [-0.05, 0) is 131 Å². The molecule has 0 amide bonds. The second kappa shape index (κ2) is 50.7. The fraction of sp³-hybridized carbons (Fsp3) is 1.00. The molecule has 2 N–H and O–H groups in total. The normalized spacial score (nSPS) is 14.2. The van der Waals surface area contributed by atoms with Crippen molar-refractivity contribution >= 4 is 48.0 Å². The van der Waals surface area contributed by atoms with Gasteiger partial charge in [0.25, 0.3) is 0 Å². The lowest BCUT2D eigenvalue weighted by Crippen LogP contribution is -2.46. The molecule has 0 aliphatic carbocycles. The molecule has 3 atom stereocenters. The first-order valence-corrected chi connectivity index (χ1v) is 40.4. The van der Waals surface area contributed by atoms with Gasteiger partial charge in [-0.25, -0.2) is 4.57 Å². The van der Waals surface area contributed by atoms with E-state index in [-0.39, 0.29) is 35.5 Å². The van der Waals surface area contributed by atoms with Crippen molar-refractivity contribution in [2.45, 2.75) is 311 Å². The highest BCUT2D eigenvalue weighted by Gasteiger charge is 2.41. The molecule has 0 aromatic carbocycles. The van der Waals surface area contributed by atoms with Gasteiger partial charge < -0.3 is 28.5 Å². The standard InChI is InChI=1S/C32H69O6PSSi.C25H54O3SSi.C3H8O/c1-11-13-14-15-19-22-26-40-27-23-20-17-16-18-21-25-34-28-30(37-41(9,10)32(6,7)8)29-36-39(33,35-24-12-2)38-31(3,4)5;1-7-8-9-10-14-17-20-29-21-18-15-12-11-13-16-19-27-23-24(22-26)28-30(5,6)25(2,3)4;1-2-3-4/h30H,11-29H2,1-10H3;24,26H,7-23H2,1-6H3;4H,2-3H2,1H3/t30-,39?;24-;/m01./s1. The van der Waals surface area contributed by atoms with Gasteiger partial charge in [-0.2, -0.15) is 23.5 Å². The van der Waals surface area contributed by atoms with E-state index in [9.17, 15) is 9.67 Å². The highest BCUT2D eigenvalue weighted by atomic mass is 32.2. The predicted octanol–water partition coefficient (Wildman–Crippen LogP) is 19.4. The molecule has 0 heterocycles. The summed E-state index contributed by atoms with van der Waals surface area (Å²) in [6.45, 7) is 39.4. The Morgan fingerprint density at radius 1 is 0.427 bits per heavy atom. The van der Waals surface area contributed by atoms with Gasteiger partial charge in [-0.15, -0.1) is 0 Å². The molecule has 456 valence electrons. The number of unbranched alkanes of at least 4 members (excludes halogenated alkanes) is 20. The first kappa shape index (κ1) is 80.2. The largest absolute Gasteiger partial charge is 0.475 e. The van der Waals surface area contributed by atoms with Crippen molar-refractivity contribution in [3.8, 4) is 0 Å². The molecular formula is C60H131O10PS2Si2. The average Bonchev–Trinajstić information content (AvgIpc) is 3.33. The number of phosphoric ester groups is 1. The minimum atomic E-state index is -3.72. The number of ether oxygens (including phenoxy) is 2. The van der Waals surface area contributed by atoms with Crippen LogP contribution in [0.25, 0.3) is 0 Å². The lowest BCUT2D eigenvalue weighted by Gasteiger charge is -2.39. The second-order valence-electron chi connectivity index (χ2n) is 24.8. The van der Waals surface area contributed by atoms with Crippen molar-refractivity contribution in [3.63, 3.8) is 0 Å². The zero-order valence-electron chi connectivity index (χ0n) is 52.9. The van der Waals surface area contributed by atoms with Crippen molar-refractivity contribution in [2.75, 3.05) is 75.9 Å². The maximum absolute atomic E-state index is 13.3. The van der Waals surface area contributed by atoms with Crippen molar-refractivity contribution in [1.82, 2.24) is 0 Å². The second-order valence-corrected chi connectivity index (χ2v) is 38.4. The minimum Gasteiger partial charge on any atom is -0.409 e. The fourth-order valence-electron chi connectivity index (χ4n) is 7.06. The third-order valence-corrected chi connectivity index (χ3v) is 26.9. The molecule has 0 bridgehead atoms. The molecule has 0 rings (SSSR count). The molecule has 0 saturated heterocycles. The number of aliphatic hydroxyl groups is 2. The summed E-state index contributed by atoms with van der Waals surface area (Å²) in [5.41, 5.74) is -0.651. The number of hydrogen-bond donors (Lipinski definition) is 2. The summed E-state index contributed by atoms with van der Waals surface area (Å²) in [5.74, 6) is 5.35. The van der Waals surface area contributed by atoms with Crippen LogP contribution in [-0.4, -0.2) is 121 Å². The van der Waals surface area contributed by atoms with Crippen LogP contribution in [0.5, 0.6) is 0 Å². The first-order chi connectivity index (χ1) is 35.3. The molecule has 0 spiro atoms. The van der Waals surface area contributed by atoms with Gasteiger partial charge in [-0.3, -0.25) is 13.6 Å². The number of hydrogen-bond acceptors (Lipinski definition) is 12. The lowest BCUT2D eigenvalue weighted by molar-refractivity contribution is -0.00736. The van der Waals surface area contributed by atoms with Crippen LogP contribution < -0.4 is 0 Å². The molecule has 0 saturated carbocycles. The van der Waals surface area contributed by atoms with Gasteiger partial charge in [0.2, 0.25) is 0 Å². The highest BCUT2D eigenvalue weighted by Crippen LogP contribution is 2.53. The van der Waals surface area contributed by atoms with Crippen LogP contribution in [-0.2, 0) is 36.5 Å². The Morgan fingerprint density at radius 2 is 0.760 bits per heavy atom. The Kier molecular flexibility index (Phi) is 54.2. The number of phosphoric acid groups is 1. The van der Waals surface area contributed by atoms with Crippen LogP contribution in [0.4, 0.5) is 0 Å². The van der Waals surface area contributed by atoms with E-state index in [1.165, 1.54) is 164 Å². The van der Waals surface area contributed by atoms with Crippen LogP contribution in [0, 0.1) is 0 Å². The lowest BCUT2D eigenvalue weighted by atomic mass is 10.1. The summed E-state index contributed by atoms with van der Waals surface area (Å²) < 4.78 is 55.2. The molecule has 0 aliphatic rings. The minimum absolute atomic E-state index is 0.0440. The van der Waals surface area contributed by atoms with Gasteiger partial charge in [0.15, 0.2) is 16.6 Å². The highest BCUT2D eigenvalue weighted by molar-refractivity contribution is 7.99. The number of aliphatic hydroxyl groups excluding tert-OH is 2. The molecule has 75 heavy (non-hydrogen) atoms. The summed E-state index contributed by atoms with van der Waals surface area (Å²) in [6.07, 6.45) is 33.2. The van der Waals surface area contributed by atoms with Gasteiger partial charge >= 0.3 is 7.82 Å². The van der Waals surface area contributed by atoms with Crippen molar-refractivity contribution in [2.24, 2.45) is 0 Å². The molecule has 15 heteroatoms. The number of rotatable bonds is 49. The Morgan fingerprint density at radius 3 is 1.08 bits per heavy atom. The van der Waals surface area contributed by atoms with Crippen LogP contribution in [0.3, 0.4) is 0 Å². The summed E-state index contributed by atoms with van der Waals surface area (Å²) in [7, 11) is -7.64. The van der Waals surface area contributed by atoms with Crippen LogP contribution >= 0.6 is 31.3 Å². The van der Waals surface area contributed by atoms with E-state index < -0.39 is 30.1 Å². The topological polar surface area (TPSA) is 122 Å². The summed E-state index contributed by atoms with van der Waals surface area (Å²) >= 11 is 4.29. The quantitative estimate of drug-likeness (QED) is 0.0343. The fourth-order valence-corrected chi connectivity index (χ4v) is 13.4. The van der Waals surface area contributed by atoms with Crippen LogP contribution in [0.2, 0.25) is 36.3 Å². The molecule has 0 aromatic rings. The van der Waals surface area contributed by atoms with Crippen LogP contribution in [0.15, 0.2) is 0 Å². The maximum Gasteiger partial charge on any atom is 0.475 e. The van der Waals surface area contributed by atoms with Crippen molar-refractivity contribution < 1.29 is 46.7 Å². The van der Waals surface area contributed by atoms with E-state index in [0.29, 0.717) is 33.0 Å². The first-order valence-electron chi connectivity index (χ1n) is 30.8. The average molecular weight is 1160 g/mol. The molecule has 0 radical (unpaired) electrons. The summed E-state index contributed by atoms with van der Waals surface area (Å²) in [5, 5.41) is 17.7. The Labute approximate surface area is 478 Å². The van der Waals surface area contributed by atoms with E-state index in [0.717, 1.165) is 32.3 Å². The molecule has 1 unspecified atom stereocenters.